The molecule has 1 aliphatic carbocycles. The standard InChI is InChI=1S/C42H39F6N3/c1-5-31(26-49-30(4)51-28(2)34-15-6-7-16-35(34)32-21-23-33(24-22-32)42(46,47)48)14-12-13-25-40(29(3)50-27-41(43,44)45)38-19-10-8-17-36(38)37-18-9-11-20-39(37)40/h5-11,15-24,26,50H,1-3,12-14,25,27H2,4H3,(H,49,51)/b31-26+. The van der Waals surface area contributed by atoms with E-state index in [0.717, 1.165) is 57.5 Å². The maximum atomic E-state index is 13.3. The molecular formula is C42H39F6N3. The minimum atomic E-state index is -4.42. The highest BCUT2D eigenvalue weighted by Gasteiger charge is 2.45. The Balaban J connectivity index is 1.27. The maximum absolute atomic E-state index is 13.3. The predicted molar refractivity (Wildman–Crippen MR) is 195 cm³/mol. The Morgan fingerprint density at radius 3 is 1.90 bits per heavy atom. The summed E-state index contributed by atoms with van der Waals surface area (Å²) in [5.74, 6) is 0.548. The van der Waals surface area contributed by atoms with Gasteiger partial charge in [-0.05, 0) is 77.3 Å². The van der Waals surface area contributed by atoms with Gasteiger partial charge in [-0.3, -0.25) is 0 Å². The molecule has 4 aromatic rings. The summed E-state index contributed by atoms with van der Waals surface area (Å²) >= 11 is 0. The lowest BCUT2D eigenvalue weighted by Gasteiger charge is -2.35. The minimum absolute atomic E-state index is 0.322. The van der Waals surface area contributed by atoms with Crippen molar-refractivity contribution in [3.63, 3.8) is 0 Å². The molecule has 0 saturated heterocycles. The smallest absolute Gasteiger partial charge is 0.379 e. The largest absolute Gasteiger partial charge is 0.416 e. The van der Waals surface area contributed by atoms with Gasteiger partial charge in [0.05, 0.1) is 11.0 Å². The Morgan fingerprint density at radius 2 is 1.33 bits per heavy atom. The molecule has 5 rings (SSSR count). The van der Waals surface area contributed by atoms with Gasteiger partial charge in [-0.15, -0.1) is 0 Å². The number of alkyl halides is 6. The molecule has 264 valence electrons. The van der Waals surface area contributed by atoms with E-state index in [2.05, 4.69) is 35.4 Å². The van der Waals surface area contributed by atoms with Crippen LogP contribution in [0.3, 0.4) is 0 Å². The van der Waals surface area contributed by atoms with Crippen molar-refractivity contribution in [2.75, 3.05) is 6.54 Å². The van der Waals surface area contributed by atoms with Gasteiger partial charge in [0.1, 0.15) is 12.4 Å². The second kappa shape index (κ2) is 15.3. The number of hydrogen-bond acceptors (Lipinski definition) is 2. The number of allylic oxidation sites excluding steroid dienone is 3. The molecule has 0 heterocycles. The molecule has 0 amide bonds. The Hall–Kier alpha value is -5.31. The number of unbranched alkanes of at least 4 members (excludes halogenated alkanes) is 1. The van der Waals surface area contributed by atoms with E-state index in [4.69, 9.17) is 0 Å². The van der Waals surface area contributed by atoms with Crippen LogP contribution >= 0.6 is 0 Å². The number of halogens is 6. The van der Waals surface area contributed by atoms with Crippen LogP contribution in [0.5, 0.6) is 0 Å². The second-order valence-electron chi connectivity index (χ2n) is 12.5. The van der Waals surface area contributed by atoms with Gasteiger partial charge in [-0.1, -0.05) is 117 Å². The van der Waals surface area contributed by atoms with Crippen LogP contribution in [0.25, 0.3) is 28.0 Å². The van der Waals surface area contributed by atoms with Gasteiger partial charge >= 0.3 is 12.4 Å². The molecule has 4 aromatic carbocycles. The van der Waals surface area contributed by atoms with Gasteiger partial charge in [0.25, 0.3) is 0 Å². The summed E-state index contributed by atoms with van der Waals surface area (Å²) in [5, 5.41) is 5.79. The van der Waals surface area contributed by atoms with Gasteiger partial charge in [0.2, 0.25) is 0 Å². The summed E-state index contributed by atoms with van der Waals surface area (Å²) in [4.78, 5) is 4.56. The van der Waals surface area contributed by atoms with Crippen LogP contribution in [0.1, 0.15) is 54.9 Å². The molecule has 0 saturated carbocycles. The SMILES string of the molecule is C=C/C(=C\N=C(C)NC(=C)c1ccccc1-c1ccc(C(F)(F)F)cc1)CCCCC1(C(=C)NCC(F)(F)F)c2ccccc2-c2ccccc21. The van der Waals surface area contributed by atoms with E-state index in [1.165, 1.54) is 12.1 Å². The number of nitrogens with one attached hydrogen (secondary N) is 2. The van der Waals surface area contributed by atoms with Gasteiger partial charge in [-0.25, -0.2) is 4.99 Å². The molecule has 0 fully saturated rings. The first-order chi connectivity index (χ1) is 24.2. The molecule has 0 spiro atoms. The van der Waals surface area contributed by atoms with Crippen LogP contribution in [-0.4, -0.2) is 18.6 Å². The van der Waals surface area contributed by atoms with Crippen LogP contribution in [0, 0.1) is 0 Å². The molecule has 1 aliphatic rings. The fourth-order valence-electron chi connectivity index (χ4n) is 6.70. The summed E-state index contributed by atoms with van der Waals surface area (Å²) in [5.41, 5.74) is 6.12. The molecule has 2 N–H and O–H groups in total. The van der Waals surface area contributed by atoms with E-state index in [0.29, 0.717) is 42.1 Å². The molecule has 0 atom stereocenters. The van der Waals surface area contributed by atoms with Crippen molar-refractivity contribution in [2.24, 2.45) is 4.99 Å². The van der Waals surface area contributed by atoms with Crippen LogP contribution in [-0.2, 0) is 11.6 Å². The molecule has 0 radical (unpaired) electrons. The van der Waals surface area contributed by atoms with Crippen molar-refractivity contribution in [1.29, 1.82) is 0 Å². The normalized spacial score (nSPS) is 14.0. The monoisotopic (exact) mass is 699 g/mol. The van der Waals surface area contributed by atoms with Crippen LogP contribution in [0.15, 0.2) is 145 Å². The molecular weight excluding hydrogens is 660 g/mol. The molecule has 0 unspecified atom stereocenters. The lowest BCUT2D eigenvalue weighted by atomic mass is 9.71. The highest BCUT2D eigenvalue weighted by atomic mass is 19.4. The first-order valence-electron chi connectivity index (χ1n) is 16.5. The molecule has 9 heteroatoms. The molecule has 0 bridgehead atoms. The van der Waals surface area contributed by atoms with Crippen molar-refractivity contribution in [1.82, 2.24) is 10.6 Å². The Kier molecular flexibility index (Phi) is 11.1. The van der Waals surface area contributed by atoms with Crippen molar-refractivity contribution in [3.8, 4) is 22.3 Å². The summed E-state index contributed by atoms with van der Waals surface area (Å²) in [6, 6.07) is 27.9. The number of aliphatic imine (C=N–C) groups is 1. The average molecular weight is 700 g/mol. The zero-order chi connectivity index (χ0) is 36.8. The molecule has 51 heavy (non-hydrogen) atoms. The van der Waals surface area contributed by atoms with Crippen molar-refractivity contribution >= 4 is 11.5 Å². The topological polar surface area (TPSA) is 36.4 Å². The Morgan fingerprint density at radius 1 is 0.765 bits per heavy atom. The second-order valence-corrected chi connectivity index (χ2v) is 12.5. The van der Waals surface area contributed by atoms with E-state index in [1.807, 2.05) is 72.8 Å². The average Bonchev–Trinajstić information content (AvgIpc) is 3.40. The number of nitrogens with zero attached hydrogens (tertiary/aromatic N) is 1. The van der Waals surface area contributed by atoms with Crippen molar-refractivity contribution in [3.05, 3.63) is 163 Å². The summed E-state index contributed by atoms with van der Waals surface area (Å²) < 4.78 is 79.2. The Labute approximate surface area is 294 Å². The number of hydrogen-bond donors (Lipinski definition) is 2. The predicted octanol–water partition coefficient (Wildman–Crippen LogP) is 11.6. The fraction of sp³-hybridized carbons (Fsp3) is 0.214. The van der Waals surface area contributed by atoms with Crippen molar-refractivity contribution < 1.29 is 26.3 Å². The molecule has 0 aliphatic heterocycles. The third-order valence-corrected chi connectivity index (χ3v) is 9.14. The van der Waals surface area contributed by atoms with Crippen LogP contribution < -0.4 is 10.6 Å². The van der Waals surface area contributed by atoms with E-state index in [1.54, 1.807) is 19.2 Å². The number of benzene rings is 4. The summed E-state index contributed by atoms with van der Waals surface area (Å²) in [6.07, 6.45) is -2.75. The third kappa shape index (κ3) is 8.36. The Bertz CT molecular complexity index is 1920. The highest BCUT2D eigenvalue weighted by molar-refractivity contribution is 5.92. The third-order valence-electron chi connectivity index (χ3n) is 9.14. The molecule has 3 nitrogen and oxygen atoms in total. The zero-order valence-corrected chi connectivity index (χ0v) is 28.3. The van der Waals surface area contributed by atoms with Crippen LogP contribution in [0.2, 0.25) is 0 Å². The van der Waals surface area contributed by atoms with E-state index >= 15 is 0 Å². The highest BCUT2D eigenvalue weighted by Crippen LogP contribution is 2.54. The van der Waals surface area contributed by atoms with Crippen LogP contribution in [0.4, 0.5) is 26.3 Å². The first kappa shape index (κ1) is 37.0. The fourth-order valence-corrected chi connectivity index (χ4v) is 6.70. The number of rotatable bonds is 13. The van der Waals surface area contributed by atoms with Gasteiger partial charge in [0, 0.05) is 23.2 Å². The van der Waals surface area contributed by atoms with Gasteiger partial charge < -0.3 is 10.6 Å². The van der Waals surface area contributed by atoms with E-state index < -0.39 is 29.9 Å². The lowest BCUT2D eigenvalue weighted by molar-refractivity contribution is -0.137. The van der Waals surface area contributed by atoms with E-state index in [-0.39, 0.29) is 0 Å². The van der Waals surface area contributed by atoms with Crippen molar-refractivity contribution in [2.45, 2.75) is 50.4 Å². The van der Waals surface area contributed by atoms with Gasteiger partial charge in [-0.2, -0.15) is 26.3 Å². The zero-order valence-electron chi connectivity index (χ0n) is 28.3. The van der Waals surface area contributed by atoms with Gasteiger partial charge in [0.15, 0.2) is 0 Å². The quantitative estimate of drug-likeness (QED) is 0.0479. The summed E-state index contributed by atoms with van der Waals surface area (Å²) in [7, 11) is 0. The lowest BCUT2D eigenvalue weighted by Crippen LogP contribution is -2.39. The molecule has 0 aromatic heterocycles. The minimum Gasteiger partial charge on any atom is -0.379 e. The number of amidine groups is 1. The van der Waals surface area contributed by atoms with E-state index in [9.17, 15) is 26.3 Å². The number of fused-ring (bicyclic) bond motifs is 3. The summed E-state index contributed by atoms with van der Waals surface area (Å²) in [6.45, 7) is 12.9. The first-order valence-corrected chi connectivity index (χ1v) is 16.5. The maximum Gasteiger partial charge on any atom is 0.416 e.